The van der Waals surface area contributed by atoms with Gasteiger partial charge >= 0.3 is 0 Å². The molecule has 0 heterocycles. The van der Waals surface area contributed by atoms with Gasteiger partial charge in [-0.3, -0.25) is 4.79 Å². The predicted octanol–water partition coefficient (Wildman–Crippen LogP) is 3.89. The Balaban J connectivity index is 1.82. The van der Waals surface area contributed by atoms with Crippen molar-refractivity contribution >= 4 is 21.7 Å². The molecule has 0 saturated heterocycles. The summed E-state index contributed by atoms with van der Waals surface area (Å²) in [6.07, 6.45) is 4.52. The van der Waals surface area contributed by atoms with Crippen LogP contribution in [0, 0.1) is 11.7 Å². The molecule has 16 heavy (non-hydrogen) atoms. The highest BCUT2D eigenvalue weighted by Gasteiger charge is 2.28. The van der Waals surface area contributed by atoms with Gasteiger partial charge in [0.05, 0.1) is 0 Å². The van der Waals surface area contributed by atoms with Crippen LogP contribution in [0.25, 0.3) is 0 Å². The number of carbonyl (C=O) groups is 1. The highest BCUT2D eigenvalue weighted by atomic mass is 79.9. The third-order valence-corrected chi connectivity index (χ3v) is 3.66. The van der Waals surface area contributed by atoms with Gasteiger partial charge < -0.3 is 0 Å². The van der Waals surface area contributed by atoms with Gasteiger partial charge in [-0.05, 0) is 43.4 Å². The second-order valence-electron chi connectivity index (χ2n) is 4.33. The highest BCUT2D eigenvalue weighted by Crippen LogP contribution is 2.31. The maximum Gasteiger partial charge on any atom is 0.135 e. The molecule has 3 heteroatoms. The Labute approximate surface area is 103 Å². The number of ketones is 1. The van der Waals surface area contributed by atoms with Crippen molar-refractivity contribution in [2.75, 3.05) is 0 Å². The van der Waals surface area contributed by atoms with Gasteiger partial charge in [0.2, 0.25) is 0 Å². The zero-order valence-corrected chi connectivity index (χ0v) is 10.6. The molecule has 1 aliphatic carbocycles. The molecular formula is C13H14BrFO. The molecule has 1 fully saturated rings. The standard InChI is InChI=1S/C13H14BrFO/c14-12-8-11(15)7-6-9(12)2-1-3-13(16)10-4-5-10/h6-8,10H,1-5H2. The van der Waals surface area contributed by atoms with Gasteiger partial charge in [-0.15, -0.1) is 0 Å². The smallest absolute Gasteiger partial charge is 0.135 e. The van der Waals surface area contributed by atoms with Gasteiger partial charge in [-0.25, -0.2) is 4.39 Å². The molecule has 0 atom stereocenters. The minimum absolute atomic E-state index is 0.232. The first kappa shape index (κ1) is 11.8. The van der Waals surface area contributed by atoms with Crippen LogP contribution in [-0.4, -0.2) is 5.78 Å². The second kappa shape index (κ2) is 5.09. The molecule has 1 nitrogen and oxygen atoms in total. The average Bonchev–Trinajstić information content (AvgIpc) is 3.04. The first-order valence-corrected chi connectivity index (χ1v) is 6.43. The topological polar surface area (TPSA) is 17.1 Å². The molecule has 0 spiro atoms. The largest absolute Gasteiger partial charge is 0.299 e. The Morgan fingerprint density at radius 1 is 1.44 bits per heavy atom. The molecule has 86 valence electrons. The zero-order valence-electron chi connectivity index (χ0n) is 9.01. The van der Waals surface area contributed by atoms with Gasteiger partial charge in [-0.1, -0.05) is 22.0 Å². The van der Waals surface area contributed by atoms with Gasteiger partial charge in [0, 0.05) is 16.8 Å². The van der Waals surface area contributed by atoms with Crippen molar-refractivity contribution < 1.29 is 9.18 Å². The third kappa shape index (κ3) is 3.14. The van der Waals surface area contributed by atoms with Crippen LogP contribution in [0.15, 0.2) is 22.7 Å². The summed E-state index contributed by atoms with van der Waals surface area (Å²) in [4.78, 5) is 11.5. The number of rotatable bonds is 5. The average molecular weight is 285 g/mol. The van der Waals surface area contributed by atoms with E-state index in [9.17, 15) is 9.18 Å². The Morgan fingerprint density at radius 2 is 2.19 bits per heavy atom. The fraction of sp³-hybridized carbons (Fsp3) is 0.462. The van der Waals surface area contributed by atoms with Crippen LogP contribution in [0.2, 0.25) is 0 Å². The van der Waals surface area contributed by atoms with E-state index in [-0.39, 0.29) is 5.82 Å². The number of halogens is 2. The van der Waals surface area contributed by atoms with Crippen molar-refractivity contribution in [2.24, 2.45) is 5.92 Å². The Bertz CT molecular complexity index is 399. The molecule has 1 aromatic rings. The Kier molecular flexibility index (Phi) is 3.74. The SMILES string of the molecule is O=C(CCCc1ccc(F)cc1Br)C1CC1. The van der Waals surface area contributed by atoms with E-state index < -0.39 is 0 Å². The second-order valence-corrected chi connectivity index (χ2v) is 5.18. The third-order valence-electron chi connectivity index (χ3n) is 2.92. The molecule has 0 unspecified atom stereocenters. The van der Waals surface area contributed by atoms with Gasteiger partial charge in [0.25, 0.3) is 0 Å². The normalized spacial score (nSPS) is 15.1. The van der Waals surface area contributed by atoms with Crippen molar-refractivity contribution in [1.29, 1.82) is 0 Å². The number of hydrogen-bond donors (Lipinski definition) is 0. The minimum Gasteiger partial charge on any atom is -0.299 e. The van der Waals surface area contributed by atoms with E-state index in [1.807, 2.05) is 0 Å². The Hall–Kier alpha value is -0.700. The maximum absolute atomic E-state index is 12.8. The van der Waals surface area contributed by atoms with Crippen LogP contribution in [0.3, 0.4) is 0 Å². The molecule has 0 amide bonds. The summed E-state index contributed by atoms with van der Waals surface area (Å²) in [5.74, 6) is 0.527. The molecular weight excluding hydrogens is 271 g/mol. The summed E-state index contributed by atoms with van der Waals surface area (Å²) >= 11 is 3.33. The van der Waals surface area contributed by atoms with Crippen LogP contribution in [0.5, 0.6) is 0 Å². The molecule has 0 aliphatic heterocycles. The molecule has 0 N–H and O–H groups in total. The fourth-order valence-electron chi connectivity index (χ4n) is 1.79. The summed E-state index contributed by atoms with van der Waals surface area (Å²) in [6.45, 7) is 0. The summed E-state index contributed by atoms with van der Waals surface area (Å²) in [5, 5.41) is 0. The van der Waals surface area contributed by atoms with Crippen molar-refractivity contribution in [3.05, 3.63) is 34.1 Å². The number of aryl methyl sites for hydroxylation is 1. The predicted molar refractivity (Wildman–Crippen MR) is 64.8 cm³/mol. The quantitative estimate of drug-likeness (QED) is 0.802. The highest BCUT2D eigenvalue weighted by molar-refractivity contribution is 9.10. The van der Waals surface area contributed by atoms with Crippen molar-refractivity contribution in [3.63, 3.8) is 0 Å². The molecule has 1 aromatic carbocycles. The zero-order chi connectivity index (χ0) is 11.5. The van der Waals surface area contributed by atoms with Crippen molar-refractivity contribution in [1.82, 2.24) is 0 Å². The van der Waals surface area contributed by atoms with E-state index in [4.69, 9.17) is 0 Å². The first-order chi connectivity index (χ1) is 7.66. The minimum atomic E-state index is -0.232. The molecule has 0 bridgehead atoms. The van der Waals surface area contributed by atoms with E-state index in [0.717, 1.165) is 35.7 Å². The summed E-state index contributed by atoms with van der Waals surface area (Å²) < 4.78 is 13.6. The van der Waals surface area contributed by atoms with Crippen LogP contribution >= 0.6 is 15.9 Å². The lowest BCUT2D eigenvalue weighted by atomic mass is 10.0. The van der Waals surface area contributed by atoms with E-state index in [0.29, 0.717) is 18.1 Å². The number of hydrogen-bond acceptors (Lipinski definition) is 1. The van der Waals surface area contributed by atoms with E-state index >= 15 is 0 Å². The van der Waals surface area contributed by atoms with Gasteiger partial charge in [0.15, 0.2) is 0 Å². The number of Topliss-reactive ketones (excluding diaryl/α,β-unsaturated/α-hetero) is 1. The van der Waals surface area contributed by atoms with Gasteiger partial charge in [0.1, 0.15) is 11.6 Å². The van der Waals surface area contributed by atoms with Crippen LogP contribution in [0.4, 0.5) is 4.39 Å². The van der Waals surface area contributed by atoms with Crippen LogP contribution in [-0.2, 0) is 11.2 Å². The molecule has 1 saturated carbocycles. The number of carbonyl (C=O) groups excluding carboxylic acids is 1. The first-order valence-electron chi connectivity index (χ1n) is 5.63. The molecule has 0 radical (unpaired) electrons. The fourth-order valence-corrected chi connectivity index (χ4v) is 2.34. The van der Waals surface area contributed by atoms with Crippen molar-refractivity contribution in [3.8, 4) is 0 Å². The van der Waals surface area contributed by atoms with Crippen LogP contribution < -0.4 is 0 Å². The molecule has 1 aliphatic rings. The monoisotopic (exact) mass is 284 g/mol. The van der Waals surface area contributed by atoms with Crippen molar-refractivity contribution in [2.45, 2.75) is 32.1 Å². The Morgan fingerprint density at radius 3 is 2.81 bits per heavy atom. The lowest BCUT2D eigenvalue weighted by Crippen LogP contribution is -2.01. The maximum atomic E-state index is 12.8. The van der Waals surface area contributed by atoms with Gasteiger partial charge in [-0.2, -0.15) is 0 Å². The summed E-state index contributed by atoms with van der Waals surface area (Å²) in [5.41, 5.74) is 1.07. The molecule has 0 aromatic heterocycles. The summed E-state index contributed by atoms with van der Waals surface area (Å²) in [7, 11) is 0. The van der Waals surface area contributed by atoms with E-state index in [2.05, 4.69) is 15.9 Å². The lowest BCUT2D eigenvalue weighted by molar-refractivity contribution is -0.120. The van der Waals surface area contributed by atoms with E-state index in [1.54, 1.807) is 6.07 Å². The lowest BCUT2D eigenvalue weighted by Gasteiger charge is -2.04. The molecule has 2 rings (SSSR count). The van der Waals surface area contributed by atoms with E-state index in [1.165, 1.54) is 12.1 Å². The number of benzene rings is 1. The van der Waals surface area contributed by atoms with Crippen LogP contribution in [0.1, 0.15) is 31.2 Å². The summed E-state index contributed by atoms with van der Waals surface area (Å²) in [6, 6.07) is 4.71.